The second kappa shape index (κ2) is 6.27. The van der Waals surface area contributed by atoms with Gasteiger partial charge in [0, 0.05) is 25.0 Å². The van der Waals surface area contributed by atoms with Crippen LogP contribution in [0.1, 0.15) is 17.7 Å². The number of likely N-dealkylation sites (tertiary alicyclic amines) is 1. The van der Waals surface area contributed by atoms with Crippen LogP contribution in [-0.2, 0) is 22.0 Å². The van der Waals surface area contributed by atoms with Crippen LogP contribution < -0.4 is 0 Å². The lowest BCUT2D eigenvalue weighted by Gasteiger charge is -2.43. The van der Waals surface area contributed by atoms with Crippen LogP contribution in [0.2, 0.25) is 0 Å². The number of piperidine rings is 1. The zero-order valence-corrected chi connectivity index (χ0v) is 15.3. The first-order valence-electron chi connectivity index (χ1n) is 8.73. The molecule has 0 N–H and O–H groups in total. The van der Waals surface area contributed by atoms with E-state index in [-0.39, 0.29) is 5.41 Å². The average molecular weight is 360 g/mol. The van der Waals surface area contributed by atoms with Gasteiger partial charge in [-0.05, 0) is 36.6 Å². The third-order valence-corrected chi connectivity index (χ3v) is 7.01. The van der Waals surface area contributed by atoms with Gasteiger partial charge in [0.05, 0.1) is 19.1 Å². The van der Waals surface area contributed by atoms with E-state index in [9.17, 15) is 8.42 Å². The fraction of sp³-hybridized carbons (Fsp3) is 0.474. The van der Waals surface area contributed by atoms with Gasteiger partial charge in [0.15, 0.2) is 0 Å². The average Bonchev–Trinajstić information content (AvgIpc) is 3.23. The number of furan rings is 1. The number of hydrogen-bond acceptors (Lipinski definition) is 4. The number of sulfonamides is 1. The van der Waals surface area contributed by atoms with Crippen molar-refractivity contribution < 1.29 is 12.8 Å². The van der Waals surface area contributed by atoms with Crippen molar-refractivity contribution in [2.45, 2.75) is 18.4 Å². The van der Waals surface area contributed by atoms with Crippen LogP contribution in [0.3, 0.4) is 0 Å². The minimum atomic E-state index is -3.18. The van der Waals surface area contributed by atoms with Gasteiger partial charge in [0.25, 0.3) is 0 Å². The molecule has 25 heavy (non-hydrogen) atoms. The Morgan fingerprint density at radius 1 is 1.16 bits per heavy atom. The molecule has 0 spiro atoms. The minimum absolute atomic E-state index is 0.0794. The summed E-state index contributed by atoms with van der Waals surface area (Å²) >= 11 is 0. The molecule has 0 amide bonds. The predicted molar refractivity (Wildman–Crippen MR) is 96.6 cm³/mol. The molecule has 2 fully saturated rings. The highest BCUT2D eigenvalue weighted by atomic mass is 32.2. The van der Waals surface area contributed by atoms with Gasteiger partial charge in [-0.25, -0.2) is 12.7 Å². The van der Waals surface area contributed by atoms with E-state index in [1.807, 2.05) is 18.2 Å². The van der Waals surface area contributed by atoms with Crippen LogP contribution in [0.5, 0.6) is 0 Å². The molecule has 134 valence electrons. The fourth-order valence-electron chi connectivity index (χ4n) is 4.47. The summed E-state index contributed by atoms with van der Waals surface area (Å²) in [6, 6.07) is 14.3. The smallest absolute Gasteiger partial charge is 0.211 e. The third kappa shape index (κ3) is 3.14. The van der Waals surface area contributed by atoms with Crippen molar-refractivity contribution in [3.63, 3.8) is 0 Å². The highest BCUT2D eigenvalue weighted by Gasteiger charge is 2.52. The number of nitrogens with zero attached hydrogens (tertiary/aromatic N) is 2. The Kier molecular flexibility index (Phi) is 4.22. The molecule has 2 aromatic rings. The standard InChI is InChI=1S/C19H24N2O3S/c1-25(22,23)21-13-17-12-20(14-18-8-5-11-24-18)10-9-19(17,15-21)16-6-3-2-4-7-16/h2-8,11,17H,9-10,12-15H2,1H3/t17-,19+/m1/s1. The molecule has 1 aromatic heterocycles. The van der Waals surface area contributed by atoms with Crippen LogP contribution in [0, 0.1) is 5.92 Å². The second-order valence-electron chi connectivity index (χ2n) is 7.34. The third-order valence-electron chi connectivity index (χ3n) is 5.79. The minimum Gasteiger partial charge on any atom is -0.468 e. The molecule has 2 atom stereocenters. The summed E-state index contributed by atoms with van der Waals surface area (Å²) in [6.07, 6.45) is 3.99. The Morgan fingerprint density at radius 3 is 2.64 bits per heavy atom. The molecule has 2 saturated heterocycles. The van der Waals surface area contributed by atoms with Crippen molar-refractivity contribution in [3.8, 4) is 0 Å². The lowest BCUT2D eigenvalue weighted by molar-refractivity contribution is 0.110. The van der Waals surface area contributed by atoms with Gasteiger partial charge < -0.3 is 4.42 Å². The summed E-state index contributed by atoms with van der Waals surface area (Å²) in [5, 5.41) is 0. The van der Waals surface area contributed by atoms with Gasteiger partial charge in [0.2, 0.25) is 10.0 Å². The summed E-state index contributed by atoms with van der Waals surface area (Å²) in [5.41, 5.74) is 1.19. The first-order chi connectivity index (χ1) is 12.0. The van der Waals surface area contributed by atoms with E-state index >= 15 is 0 Å². The molecular formula is C19H24N2O3S. The predicted octanol–water partition coefficient (Wildman–Crippen LogP) is 2.31. The highest BCUT2D eigenvalue weighted by molar-refractivity contribution is 7.88. The summed E-state index contributed by atoms with van der Waals surface area (Å²) in [4.78, 5) is 2.39. The first kappa shape index (κ1) is 16.8. The Morgan fingerprint density at radius 2 is 1.96 bits per heavy atom. The van der Waals surface area contributed by atoms with E-state index in [4.69, 9.17) is 4.42 Å². The Bertz CT molecular complexity index is 820. The largest absolute Gasteiger partial charge is 0.468 e. The van der Waals surface area contributed by atoms with Crippen molar-refractivity contribution in [1.29, 1.82) is 0 Å². The van der Waals surface area contributed by atoms with Crippen molar-refractivity contribution in [1.82, 2.24) is 9.21 Å². The first-order valence-corrected chi connectivity index (χ1v) is 10.6. The monoisotopic (exact) mass is 360 g/mol. The van der Waals surface area contributed by atoms with Crippen LogP contribution >= 0.6 is 0 Å². The zero-order chi connectivity index (χ0) is 17.5. The summed E-state index contributed by atoms with van der Waals surface area (Å²) in [7, 11) is -3.18. The molecule has 4 rings (SSSR count). The van der Waals surface area contributed by atoms with E-state index in [2.05, 4.69) is 29.2 Å². The normalized spacial score (nSPS) is 28.1. The van der Waals surface area contributed by atoms with Crippen molar-refractivity contribution in [2.24, 2.45) is 5.92 Å². The highest BCUT2D eigenvalue weighted by Crippen LogP contribution is 2.46. The van der Waals surface area contributed by atoms with Crippen LogP contribution in [0.15, 0.2) is 53.1 Å². The summed E-state index contributed by atoms with van der Waals surface area (Å²) in [6.45, 7) is 3.82. The molecule has 3 heterocycles. The molecule has 0 aliphatic carbocycles. The topological polar surface area (TPSA) is 53.8 Å². The summed E-state index contributed by atoms with van der Waals surface area (Å²) < 4.78 is 31.5. The van der Waals surface area contributed by atoms with Crippen molar-refractivity contribution in [3.05, 3.63) is 60.1 Å². The van der Waals surface area contributed by atoms with Gasteiger partial charge in [0.1, 0.15) is 5.76 Å². The molecule has 5 nitrogen and oxygen atoms in total. The molecule has 1 aromatic carbocycles. The molecule has 0 bridgehead atoms. The maximum atomic E-state index is 12.2. The van der Waals surface area contributed by atoms with Crippen LogP contribution in [-0.4, -0.2) is 50.1 Å². The number of fused-ring (bicyclic) bond motifs is 1. The molecular weight excluding hydrogens is 336 g/mol. The van der Waals surface area contributed by atoms with Crippen molar-refractivity contribution in [2.75, 3.05) is 32.4 Å². The second-order valence-corrected chi connectivity index (χ2v) is 9.32. The lowest BCUT2D eigenvalue weighted by atomic mass is 9.68. The molecule has 0 saturated carbocycles. The number of benzene rings is 1. The molecule has 2 aliphatic rings. The molecule has 0 unspecified atom stereocenters. The van der Waals surface area contributed by atoms with Gasteiger partial charge in [-0.1, -0.05) is 30.3 Å². The molecule has 0 radical (unpaired) electrons. The number of hydrogen-bond donors (Lipinski definition) is 0. The Hall–Kier alpha value is -1.63. The van der Waals surface area contributed by atoms with E-state index in [1.165, 1.54) is 11.8 Å². The maximum absolute atomic E-state index is 12.2. The van der Waals surface area contributed by atoms with E-state index in [1.54, 1.807) is 10.6 Å². The molecule has 2 aliphatic heterocycles. The van der Waals surface area contributed by atoms with Gasteiger partial charge in [-0.3, -0.25) is 4.90 Å². The van der Waals surface area contributed by atoms with E-state index < -0.39 is 10.0 Å². The van der Waals surface area contributed by atoms with Gasteiger partial charge >= 0.3 is 0 Å². The SMILES string of the molecule is CS(=O)(=O)N1C[C@H]2CN(Cc3ccco3)CC[C@@]2(c2ccccc2)C1. The quantitative estimate of drug-likeness (QED) is 0.840. The summed E-state index contributed by atoms with van der Waals surface area (Å²) in [5.74, 6) is 1.26. The van der Waals surface area contributed by atoms with Crippen molar-refractivity contribution >= 4 is 10.0 Å². The maximum Gasteiger partial charge on any atom is 0.211 e. The zero-order valence-electron chi connectivity index (χ0n) is 14.5. The van der Waals surface area contributed by atoms with E-state index in [0.717, 1.165) is 31.8 Å². The number of rotatable bonds is 4. The lowest BCUT2D eigenvalue weighted by Crippen LogP contribution is -2.49. The Labute approximate surface area is 149 Å². The van der Waals surface area contributed by atoms with E-state index in [0.29, 0.717) is 19.0 Å². The molecule has 6 heteroatoms. The van der Waals surface area contributed by atoms with Gasteiger partial charge in [-0.2, -0.15) is 0 Å². The Balaban J connectivity index is 1.62. The van der Waals surface area contributed by atoms with Gasteiger partial charge in [-0.15, -0.1) is 0 Å². The van der Waals surface area contributed by atoms with Crippen LogP contribution in [0.25, 0.3) is 0 Å². The van der Waals surface area contributed by atoms with Crippen LogP contribution in [0.4, 0.5) is 0 Å². The fourth-order valence-corrected chi connectivity index (χ4v) is 5.38.